The van der Waals surface area contributed by atoms with Crippen molar-refractivity contribution in [3.8, 4) is 0 Å². The summed E-state index contributed by atoms with van der Waals surface area (Å²) in [6, 6.07) is 6.12. The summed E-state index contributed by atoms with van der Waals surface area (Å²) in [6.45, 7) is 0. The van der Waals surface area contributed by atoms with Gasteiger partial charge in [-0.25, -0.2) is 4.98 Å². The van der Waals surface area contributed by atoms with E-state index in [9.17, 15) is 0 Å². The average Bonchev–Trinajstić information content (AvgIpc) is 2.57. The first-order valence-electron chi connectivity index (χ1n) is 7.04. The Morgan fingerprint density at radius 1 is 1.26 bits per heavy atom. The monoisotopic (exact) mass is 277 g/mol. The van der Waals surface area contributed by atoms with Crippen molar-refractivity contribution in [2.24, 2.45) is 12.8 Å². The lowest BCUT2D eigenvalue weighted by Crippen LogP contribution is -2.29. The van der Waals surface area contributed by atoms with Crippen LogP contribution in [0.15, 0.2) is 18.2 Å². The third-order valence-corrected chi connectivity index (χ3v) is 4.51. The van der Waals surface area contributed by atoms with E-state index in [0.29, 0.717) is 5.92 Å². The van der Waals surface area contributed by atoms with Gasteiger partial charge in [-0.2, -0.15) is 0 Å². The molecule has 0 bridgehead atoms. The SMILES string of the molecule is Cn1c(C2CCCCCC2N)nc2cc(Cl)ccc21. The Bertz CT molecular complexity index is 590. The number of aromatic nitrogens is 2. The molecule has 1 aliphatic rings. The summed E-state index contributed by atoms with van der Waals surface area (Å²) in [7, 11) is 2.08. The van der Waals surface area contributed by atoms with Gasteiger partial charge in [0.1, 0.15) is 5.82 Å². The maximum atomic E-state index is 6.35. The van der Waals surface area contributed by atoms with Crippen LogP contribution < -0.4 is 5.73 Å². The number of fused-ring (bicyclic) bond motifs is 1. The Morgan fingerprint density at radius 2 is 2.05 bits per heavy atom. The first-order chi connectivity index (χ1) is 9.16. The highest BCUT2D eigenvalue weighted by Crippen LogP contribution is 2.32. The van der Waals surface area contributed by atoms with Crippen LogP contribution in [0.3, 0.4) is 0 Å². The van der Waals surface area contributed by atoms with Crippen molar-refractivity contribution < 1.29 is 0 Å². The molecule has 1 aromatic heterocycles. The topological polar surface area (TPSA) is 43.8 Å². The predicted octanol–water partition coefficient (Wildman–Crippen LogP) is 3.60. The summed E-state index contributed by atoms with van der Waals surface area (Å²) in [5.41, 5.74) is 8.46. The van der Waals surface area contributed by atoms with Gasteiger partial charge in [-0.15, -0.1) is 0 Å². The second-order valence-electron chi connectivity index (χ2n) is 5.57. The van der Waals surface area contributed by atoms with Crippen LogP contribution in [0.25, 0.3) is 11.0 Å². The molecule has 4 heteroatoms. The quantitative estimate of drug-likeness (QED) is 0.810. The molecule has 1 fully saturated rings. The molecule has 1 heterocycles. The zero-order valence-corrected chi connectivity index (χ0v) is 12.0. The highest BCUT2D eigenvalue weighted by Gasteiger charge is 2.26. The van der Waals surface area contributed by atoms with Crippen molar-refractivity contribution in [2.75, 3.05) is 0 Å². The summed E-state index contributed by atoms with van der Waals surface area (Å²) in [5, 5.41) is 0.738. The van der Waals surface area contributed by atoms with Gasteiger partial charge in [0.05, 0.1) is 11.0 Å². The molecule has 0 saturated heterocycles. The molecule has 2 aromatic rings. The first kappa shape index (κ1) is 12.9. The van der Waals surface area contributed by atoms with E-state index in [-0.39, 0.29) is 6.04 Å². The molecule has 2 atom stereocenters. The van der Waals surface area contributed by atoms with Gasteiger partial charge in [0.25, 0.3) is 0 Å². The van der Waals surface area contributed by atoms with Crippen molar-refractivity contribution in [2.45, 2.75) is 44.1 Å². The number of rotatable bonds is 1. The number of aryl methyl sites for hydroxylation is 1. The van der Waals surface area contributed by atoms with E-state index in [4.69, 9.17) is 22.3 Å². The lowest BCUT2D eigenvalue weighted by atomic mass is 9.94. The molecule has 0 spiro atoms. The van der Waals surface area contributed by atoms with Gasteiger partial charge in [-0.05, 0) is 31.0 Å². The lowest BCUT2D eigenvalue weighted by Gasteiger charge is -2.20. The third kappa shape index (κ3) is 2.37. The number of imidazole rings is 1. The van der Waals surface area contributed by atoms with Crippen molar-refractivity contribution in [3.05, 3.63) is 29.0 Å². The first-order valence-corrected chi connectivity index (χ1v) is 7.42. The van der Waals surface area contributed by atoms with Crippen molar-refractivity contribution >= 4 is 22.6 Å². The third-order valence-electron chi connectivity index (χ3n) is 4.28. The van der Waals surface area contributed by atoms with E-state index < -0.39 is 0 Å². The van der Waals surface area contributed by atoms with Gasteiger partial charge in [0, 0.05) is 24.0 Å². The summed E-state index contributed by atoms with van der Waals surface area (Å²) >= 11 is 6.05. The fraction of sp³-hybridized carbons (Fsp3) is 0.533. The molecule has 0 aliphatic heterocycles. The summed E-state index contributed by atoms with van der Waals surface area (Å²) in [5.74, 6) is 1.49. The van der Waals surface area contributed by atoms with E-state index >= 15 is 0 Å². The van der Waals surface area contributed by atoms with Crippen LogP contribution in [-0.4, -0.2) is 15.6 Å². The van der Waals surface area contributed by atoms with Gasteiger partial charge < -0.3 is 10.3 Å². The van der Waals surface area contributed by atoms with Crippen LogP contribution in [0.5, 0.6) is 0 Å². The average molecular weight is 278 g/mol. The molecule has 2 N–H and O–H groups in total. The molecular weight excluding hydrogens is 258 g/mol. The number of halogens is 1. The molecule has 102 valence electrons. The van der Waals surface area contributed by atoms with Crippen LogP contribution in [0, 0.1) is 0 Å². The second kappa shape index (κ2) is 5.14. The van der Waals surface area contributed by atoms with Gasteiger partial charge in [-0.3, -0.25) is 0 Å². The zero-order chi connectivity index (χ0) is 13.4. The maximum Gasteiger partial charge on any atom is 0.114 e. The van der Waals surface area contributed by atoms with E-state index in [0.717, 1.165) is 34.7 Å². The molecule has 3 rings (SSSR count). The highest BCUT2D eigenvalue weighted by atomic mass is 35.5. The number of hydrogen-bond donors (Lipinski definition) is 1. The lowest BCUT2D eigenvalue weighted by molar-refractivity contribution is 0.474. The van der Waals surface area contributed by atoms with Gasteiger partial charge in [-0.1, -0.05) is 30.9 Å². The maximum absolute atomic E-state index is 6.35. The van der Waals surface area contributed by atoms with Crippen LogP contribution in [-0.2, 0) is 7.05 Å². The smallest absolute Gasteiger partial charge is 0.114 e. The van der Waals surface area contributed by atoms with Crippen molar-refractivity contribution in [1.29, 1.82) is 0 Å². The van der Waals surface area contributed by atoms with Crippen molar-refractivity contribution in [1.82, 2.24) is 9.55 Å². The Balaban J connectivity index is 2.06. The summed E-state index contributed by atoms with van der Waals surface area (Å²) < 4.78 is 2.18. The Hall–Kier alpha value is -1.06. The largest absolute Gasteiger partial charge is 0.331 e. The van der Waals surface area contributed by atoms with E-state index in [1.54, 1.807) is 0 Å². The number of nitrogens with zero attached hydrogens (tertiary/aromatic N) is 2. The Labute approximate surface area is 118 Å². The molecule has 0 radical (unpaired) electrons. The minimum Gasteiger partial charge on any atom is -0.331 e. The molecule has 0 amide bonds. The molecule has 19 heavy (non-hydrogen) atoms. The Morgan fingerprint density at radius 3 is 2.89 bits per heavy atom. The molecule has 1 aliphatic carbocycles. The molecular formula is C15H20ClN3. The number of hydrogen-bond acceptors (Lipinski definition) is 2. The summed E-state index contributed by atoms with van der Waals surface area (Å²) in [6.07, 6.45) is 6.04. The zero-order valence-electron chi connectivity index (χ0n) is 11.3. The summed E-state index contributed by atoms with van der Waals surface area (Å²) in [4.78, 5) is 4.79. The second-order valence-corrected chi connectivity index (χ2v) is 6.01. The Kier molecular flexibility index (Phi) is 3.50. The fourth-order valence-corrected chi connectivity index (χ4v) is 3.35. The highest BCUT2D eigenvalue weighted by molar-refractivity contribution is 6.31. The number of nitrogens with two attached hydrogens (primary N) is 1. The number of benzene rings is 1. The standard InChI is InChI=1S/C15H20ClN3/c1-19-14-8-7-10(16)9-13(14)18-15(19)11-5-3-2-4-6-12(11)17/h7-9,11-12H,2-6,17H2,1H3. The van der Waals surface area contributed by atoms with Gasteiger partial charge >= 0.3 is 0 Å². The van der Waals surface area contributed by atoms with E-state index in [1.807, 2.05) is 18.2 Å². The van der Waals surface area contributed by atoms with Crippen LogP contribution in [0.1, 0.15) is 43.8 Å². The molecule has 3 nitrogen and oxygen atoms in total. The van der Waals surface area contributed by atoms with Crippen LogP contribution in [0.4, 0.5) is 0 Å². The van der Waals surface area contributed by atoms with E-state index in [2.05, 4.69) is 11.6 Å². The fourth-order valence-electron chi connectivity index (χ4n) is 3.18. The van der Waals surface area contributed by atoms with E-state index in [1.165, 1.54) is 19.3 Å². The van der Waals surface area contributed by atoms with Crippen LogP contribution >= 0.6 is 11.6 Å². The predicted molar refractivity (Wildman–Crippen MR) is 79.5 cm³/mol. The van der Waals surface area contributed by atoms with Crippen LogP contribution in [0.2, 0.25) is 5.02 Å². The van der Waals surface area contributed by atoms with Gasteiger partial charge in [0.2, 0.25) is 0 Å². The molecule has 1 saturated carbocycles. The minimum absolute atomic E-state index is 0.230. The minimum atomic E-state index is 0.230. The normalized spacial score (nSPS) is 24.6. The molecule has 1 aromatic carbocycles. The van der Waals surface area contributed by atoms with Gasteiger partial charge in [0.15, 0.2) is 0 Å². The molecule has 2 unspecified atom stereocenters. The van der Waals surface area contributed by atoms with Crippen molar-refractivity contribution in [3.63, 3.8) is 0 Å².